The SMILES string of the molecule is COc1ccc(Cl)cc1CC(=O)NCC1(C(=O)O)CCOCC1. The second kappa shape index (κ2) is 7.66. The molecule has 1 aromatic carbocycles. The first kappa shape index (κ1) is 17.6. The van der Waals surface area contributed by atoms with Crippen LogP contribution in [0.2, 0.25) is 5.02 Å². The maximum Gasteiger partial charge on any atom is 0.311 e. The minimum atomic E-state index is -0.952. The lowest BCUT2D eigenvalue weighted by Crippen LogP contribution is -2.46. The summed E-state index contributed by atoms with van der Waals surface area (Å²) in [6.07, 6.45) is 0.863. The van der Waals surface area contributed by atoms with Crippen LogP contribution in [0.4, 0.5) is 0 Å². The van der Waals surface area contributed by atoms with Crippen molar-refractivity contribution in [3.8, 4) is 5.75 Å². The van der Waals surface area contributed by atoms with E-state index in [1.54, 1.807) is 18.2 Å². The molecular formula is C16H20ClNO5. The number of halogens is 1. The fourth-order valence-corrected chi connectivity index (χ4v) is 2.81. The summed E-state index contributed by atoms with van der Waals surface area (Å²) in [5, 5.41) is 12.7. The van der Waals surface area contributed by atoms with Crippen molar-refractivity contribution in [2.24, 2.45) is 5.41 Å². The van der Waals surface area contributed by atoms with Gasteiger partial charge in [-0.1, -0.05) is 11.6 Å². The average Bonchev–Trinajstić information content (AvgIpc) is 2.54. The number of carboxylic acid groups (broad SMARTS) is 1. The van der Waals surface area contributed by atoms with Gasteiger partial charge in [0, 0.05) is 30.3 Å². The van der Waals surface area contributed by atoms with E-state index >= 15 is 0 Å². The monoisotopic (exact) mass is 341 g/mol. The van der Waals surface area contributed by atoms with Crippen LogP contribution in [0.1, 0.15) is 18.4 Å². The van der Waals surface area contributed by atoms with E-state index in [1.807, 2.05) is 0 Å². The van der Waals surface area contributed by atoms with Gasteiger partial charge >= 0.3 is 5.97 Å². The summed E-state index contributed by atoms with van der Waals surface area (Å²) in [4.78, 5) is 23.7. The Balaban J connectivity index is 1.99. The molecule has 7 heteroatoms. The van der Waals surface area contributed by atoms with Gasteiger partial charge in [-0.05, 0) is 31.0 Å². The fraction of sp³-hybridized carbons (Fsp3) is 0.500. The third-order valence-corrected chi connectivity index (χ3v) is 4.36. The molecular weight excluding hydrogens is 322 g/mol. The summed E-state index contributed by atoms with van der Waals surface area (Å²) in [6.45, 7) is 0.877. The molecule has 2 N–H and O–H groups in total. The fourth-order valence-electron chi connectivity index (χ4n) is 2.62. The van der Waals surface area contributed by atoms with Gasteiger partial charge in [-0.15, -0.1) is 0 Å². The zero-order valence-corrected chi connectivity index (χ0v) is 13.7. The zero-order chi connectivity index (χ0) is 16.9. The van der Waals surface area contributed by atoms with Crippen molar-refractivity contribution in [3.63, 3.8) is 0 Å². The summed E-state index contributed by atoms with van der Waals surface area (Å²) in [5.74, 6) is -0.595. The van der Waals surface area contributed by atoms with Crippen LogP contribution in [0.3, 0.4) is 0 Å². The zero-order valence-electron chi connectivity index (χ0n) is 12.9. The highest BCUT2D eigenvalue weighted by Gasteiger charge is 2.40. The quantitative estimate of drug-likeness (QED) is 0.825. The molecule has 1 saturated heterocycles. The summed E-state index contributed by atoms with van der Waals surface area (Å²) in [6, 6.07) is 5.05. The molecule has 0 unspecified atom stereocenters. The first-order valence-corrected chi connectivity index (χ1v) is 7.75. The van der Waals surface area contributed by atoms with Crippen molar-refractivity contribution in [2.75, 3.05) is 26.9 Å². The lowest BCUT2D eigenvalue weighted by Gasteiger charge is -2.33. The Hall–Kier alpha value is -1.79. The van der Waals surface area contributed by atoms with Crippen molar-refractivity contribution < 1.29 is 24.2 Å². The number of carbonyl (C=O) groups excluding carboxylic acids is 1. The molecule has 23 heavy (non-hydrogen) atoms. The van der Waals surface area contributed by atoms with Gasteiger partial charge in [-0.2, -0.15) is 0 Å². The molecule has 0 aromatic heterocycles. The maximum absolute atomic E-state index is 12.2. The standard InChI is InChI=1S/C16H20ClNO5/c1-22-13-3-2-12(17)8-11(13)9-14(19)18-10-16(15(20)21)4-6-23-7-5-16/h2-3,8H,4-7,9-10H2,1H3,(H,18,19)(H,20,21). The number of methoxy groups -OCH3 is 1. The molecule has 0 saturated carbocycles. The number of hydrogen-bond donors (Lipinski definition) is 2. The Morgan fingerprint density at radius 3 is 2.70 bits per heavy atom. The smallest absolute Gasteiger partial charge is 0.311 e. The Morgan fingerprint density at radius 1 is 1.39 bits per heavy atom. The van der Waals surface area contributed by atoms with Gasteiger partial charge in [0.1, 0.15) is 5.75 Å². The Kier molecular flexibility index (Phi) is 5.85. The number of carbonyl (C=O) groups is 2. The molecule has 6 nitrogen and oxygen atoms in total. The maximum atomic E-state index is 12.2. The van der Waals surface area contributed by atoms with Crippen molar-refractivity contribution in [1.82, 2.24) is 5.32 Å². The van der Waals surface area contributed by atoms with Gasteiger partial charge in [0.15, 0.2) is 0 Å². The van der Waals surface area contributed by atoms with Gasteiger partial charge in [-0.3, -0.25) is 9.59 Å². The molecule has 1 aliphatic rings. The van der Waals surface area contributed by atoms with E-state index < -0.39 is 11.4 Å². The van der Waals surface area contributed by atoms with E-state index in [-0.39, 0.29) is 18.9 Å². The predicted octanol–water partition coefficient (Wildman–Crippen LogP) is 1.89. The van der Waals surface area contributed by atoms with Crippen molar-refractivity contribution >= 4 is 23.5 Å². The van der Waals surface area contributed by atoms with Gasteiger partial charge in [0.05, 0.1) is 18.9 Å². The molecule has 0 radical (unpaired) electrons. The van der Waals surface area contributed by atoms with Crippen LogP contribution >= 0.6 is 11.6 Å². The number of carboxylic acids is 1. The van der Waals surface area contributed by atoms with Crippen LogP contribution in [0, 0.1) is 5.41 Å². The summed E-state index contributed by atoms with van der Waals surface area (Å²) in [7, 11) is 1.52. The van der Waals surface area contributed by atoms with Gasteiger partial charge in [0.2, 0.25) is 5.91 Å². The number of rotatable bonds is 6. The van der Waals surface area contributed by atoms with Crippen molar-refractivity contribution in [2.45, 2.75) is 19.3 Å². The van der Waals surface area contributed by atoms with E-state index in [0.717, 1.165) is 0 Å². The molecule has 1 fully saturated rings. The number of aliphatic carboxylic acids is 1. The summed E-state index contributed by atoms with van der Waals surface area (Å²) < 4.78 is 10.4. The molecule has 0 spiro atoms. The Morgan fingerprint density at radius 2 is 2.09 bits per heavy atom. The largest absolute Gasteiger partial charge is 0.496 e. The van der Waals surface area contributed by atoms with E-state index in [1.165, 1.54) is 7.11 Å². The van der Waals surface area contributed by atoms with E-state index in [4.69, 9.17) is 21.1 Å². The third-order valence-electron chi connectivity index (χ3n) is 4.12. The van der Waals surface area contributed by atoms with Crippen molar-refractivity contribution in [1.29, 1.82) is 0 Å². The molecule has 1 heterocycles. The van der Waals surface area contributed by atoms with Gasteiger partial charge < -0.3 is 19.9 Å². The number of ether oxygens (including phenoxy) is 2. The first-order chi connectivity index (χ1) is 11.0. The number of amides is 1. The van der Waals surface area contributed by atoms with Crippen LogP contribution in [-0.2, 0) is 20.7 Å². The molecule has 0 aliphatic carbocycles. The van der Waals surface area contributed by atoms with E-state index in [2.05, 4.69) is 5.32 Å². The summed E-state index contributed by atoms with van der Waals surface area (Å²) >= 11 is 5.94. The highest BCUT2D eigenvalue weighted by atomic mass is 35.5. The lowest BCUT2D eigenvalue weighted by molar-refractivity contribution is -0.154. The molecule has 1 aromatic rings. The third kappa shape index (κ3) is 4.36. The van der Waals surface area contributed by atoms with E-state index in [9.17, 15) is 14.7 Å². The van der Waals surface area contributed by atoms with Crippen LogP contribution in [-0.4, -0.2) is 43.9 Å². The van der Waals surface area contributed by atoms with Gasteiger partial charge in [-0.25, -0.2) is 0 Å². The average molecular weight is 342 g/mol. The van der Waals surface area contributed by atoms with Gasteiger partial charge in [0.25, 0.3) is 0 Å². The number of nitrogens with one attached hydrogen (secondary N) is 1. The Labute approximate surface area is 139 Å². The first-order valence-electron chi connectivity index (χ1n) is 7.37. The van der Waals surface area contributed by atoms with Crippen molar-refractivity contribution in [3.05, 3.63) is 28.8 Å². The second-order valence-corrected chi connectivity index (χ2v) is 6.04. The minimum Gasteiger partial charge on any atom is -0.496 e. The molecule has 2 rings (SSSR count). The molecule has 1 aliphatic heterocycles. The molecule has 1 amide bonds. The second-order valence-electron chi connectivity index (χ2n) is 5.61. The normalized spacial score (nSPS) is 16.6. The molecule has 0 bridgehead atoms. The highest BCUT2D eigenvalue weighted by Crippen LogP contribution is 2.30. The topological polar surface area (TPSA) is 84.9 Å². The summed E-state index contributed by atoms with van der Waals surface area (Å²) in [5.41, 5.74) is -0.291. The molecule has 126 valence electrons. The lowest BCUT2D eigenvalue weighted by atomic mass is 9.80. The van der Waals surface area contributed by atoms with E-state index in [0.29, 0.717) is 42.4 Å². The van der Waals surface area contributed by atoms with Crippen LogP contribution in [0.25, 0.3) is 0 Å². The minimum absolute atomic E-state index is 0.0793. The van der Waals surface area contributed by atoms with Crippen LogP contribution in [0.5, 0.6) is 5.75 Å². The number of hydrogen-bond acceptors (Lipinski definition) is 4. The highest BCUT2D eigenvalue weighted by molar-refractivity contribution is 6.30. The predicted molar refractivity (Wildman–Crippen MR) is 84.8 cm³/mol. The van der Waals surface area contributed by atoms with Crippen LogP contribution < -0.4 is 10.1 Å². The number of benzene rings is 1. The molecule has 0 atom stereocenters. The van der Waals surface area contributed by atoms with Crippen LogP contribution in [0.15, 0.2) is 18.2 Å². The Bertz CT molecular complexity index is 584.